The molecule has 0 radical (unpaired) electrons. The normalized spacial score (nSPS) is 14.2. The molecule has 670 valence electrons. The van der Waals surface area contributed by atoms with Crippen LogP contribution >= 0.6 is 15.9 Å². The number of carbonyl (C=O) groups is 3. The number of carbonyl (C=O) groups excluding carboxylic acids is 2. The fourth-order valence-electron chi connectivity index (χ4n) is 21.4. The second-order valence-electron chi connectivity index (χ2n) is 35.8. The van der Waals surface area contributed by atoms with E-state index in [2.05, 4.69) is 272 Å². The largest absolute Gasteiger partial charge is 1.00 e. The third kappa shape index (κ3) is 14.7. The number of benzene rings is 22. The second kappa shape index (κ2) is 35.8. The molecule has 0 bridgehead atoms. The number of rotatable bonds is 5. The van der Waals surface area contributed by atoms with Gasteiger partial charge in [-0.1, -0.05) is 351 Å². The maximum atomic E-state index is 13.3. The van der Waals surface area contributed by atoms with Gasteiger partial charge in [0.05, 0.1) is 0 Å². The average molecular weight is 1880 g/mol. The summed E-state index contributed by atoms with van der Waals surface area (Å²) in [7, 11) is 0. The summed E-state index contributed by atoms with van der Waals surface area (Å²) >= 11 is 3.53. The van der Waals surface area contributed by atoms with E-state index in [-0.39, 0.29) is 30.4 Å². The topological polar surface area (TPSA) is 178 Å². The van der Waals surface area contributed by atoms with E-state index >= 15 is 0 Å². The van der Waals surface area contributed by atoms with Gasteiger partial charge >= 0.3 is 18.9 Å². The van der Waals surface area contributed by atoms with Gasteiger partial charge in [-0.15, -0.1) is 0 Å². The molecular formula is C128H84BrLiO11. The number of furan rings is 5. The van der Waals surface area contributed by atoms with Gasteiger partial charge < -0.3 is 44.3 Å². The Hall–Kier alpha value is -16.5. The van der Waals surface area contributed by atoms with E-state index in [1.54, 1.807) is 48.5 Å². The predicted molar refractivity (Wildman–Crippen MR) is 574 cm³/mol. The average Bonchev–Trinajstić information content (AvgIpc) is 1.66. The number of ketones is 2. The molecule has 2 aliphatic carbocycles. The Morgan fingerprint density at radius 1 is 0.277 bits per heavy atom. The summed E-state index contributed by atoms with van der Waals surface area (Å²) in [5.74, 6) is -0.961. The number of carboxylic acids is 1. The van der Waals surface area contributed by atoms with Crippen LogP contribution < -0.4 is 18.9 Å². The Morgan fingerprint density at radius 2 is 0.489 bits per heavy atom. The fraction of sp³-hybridized carbons (Fsp3) is 0.0469. The van der Waals surface area contributed by atoms with Crippen LogP contribution in [-0.2, 0) is 16.0 Å². The van der Waals surface area contributed by atoms with E-state index in [4.69, 9.17) is 32.0 Å². The van der Waals surface area contributed by atoms with Gasteiger partial charge in [0, 0.05) is 87.5 Å². The first kappa shape index (κ1) is 88.4. The molecule has 11 nitrogen and oxygen atoms in total. The summed E-state index contributed by atoms with van der Waals surface area (Å²) in [6.45, 7) is 6.81. The Labute approximate surface area is 828 Å². The first-order chi connectivity index (χ1) is 68.6. The van der Waals surface area contributed by atoms with Crippen molar-refractivity contribution in [1.29, 1.82) is 0 Å². The molecule has 0 atom stereocenters. The van der Waals surface area contributed by atoms with Gasteiger partial charge in [0.25, 0.3) is 5.97 Å². The molecule has 0 unspecified atom stereocenters. The molecular weight excluding hydrogens is 1800 g/mol. The standard InChI is InChI=1S/C46H28O4.C46H26O2.C16H9BrO.C14H8O2.C4H9.C2H4O2.Li/c47-45(29-19-23-39-33(25-29)43-31-11-3-1-9-27(31)17-21-41(43)49-39)35-13-5-7-15-37(35)46(48,38-16-8-6-14-36(38)45)30-20-24-40-34(26-30)44-32-12-4-2-10-28(32)18-22-42(44)50-40;1-3-11-31-27(9-1)17-23-41-45(31)37-25-29(19-21-39(37)47-41)43-33-13-5-7-15-35(33)44(36-16-8-6-14-34(36)43)30-20-22-40-38(26-30)46-32-12-4-2-10-28(32)18-24-42(46)48-40;17-11-6-8-14-13(9-11)16-12-4-2-1-3-10(12)5-7-15(16)18-14;15-13-9-5-1-2-6-10(9)14(16)12-8-4-3-7-11(12)13;1-3-4-2;1-2(3)4;/h1-26,47-48H;1-26H;1-9H;1-8H;1,3-4H2,2H3;1H3,(H,3,4);/q;;;;-1;;+1. The van der Waals surface area contributed by atoms with Crippen LogP contribution in [0.1, 0.15) is 91.9 Å². The number of fused-ring (bicyclic) bond motifs is 31. The number of aliphatic carboxylic acids is 1. The van der Waals surface area contributed by atoms with Crippen molar-refractivity contribution in [2.45, 2.75) is 37.9 Å². The summed E-state index contributed by atoms with van der Waals surface area (Å²) in [5, 5.41) is 61.5. The Balaban J connectivity index is 0.000000111. The van der Waals surface area contributed by atoms with Crippen molar-refractivity contribution >= 4 is 219 Å². The minimum absolute atomic E-state index is 0. The van der Waals surface area contributed by atoms with Crippen molar-refractivity contribution in [1.82, 2.24) is 0 Å². The van der Waals surface area contributed by atoms with Crippen LogP contribution in [0.5, 0.6) is 0 Å². The van der Waals surface area contributed by atoms with Crippen molar-refractivity contribution in [2.75, 3.05) is 0 Å². The second-order valence-corrected chi connectivity index (χ2v) is 36.7. The van der Waals surface area contributed by atoms with E-state index < -0.39 is 17.2 Å². The molecule has 3 N–H and O–H groups in total. The monoisotopic (exact) mass is 1880 g/mol. The van der Waals surface area contributed by atoms with Gasteiger partial charge in [-0.2, -0.15) is 6.42 Å². The van der Waals surface area contributed by atoms with E-state index in [1.807, 2.05) is 127 Å². The van der Waals surface area contributed by atoms with Crippen LogP contribution in [0, 0.1) is 6.92 Å². The van der Waals surface area contributed by atoms with Crippen LogP contribution in [-0.4, -0.2) is 32.9 Å². The summed E-state index contributed by atoms with van der Waals surface area (Å²) in [6.07, 6.45) is 2.28. The first-order valence-electron chi connectivity index (χ1n) is 46.8. The number of halogens is 1. The third-order valence-corrected chi connectivity index (χ3v) is 28.2. The molecule has 27 aromatic rings. The number of unbranched alkanes of at least 4 members (excludes halogenated alkanes) is 1. The summed E-state index contributed by atoms with van der Waals surface area (Å²) < 4.78 is 32.4. The molecule has 0 saturated heterocycles. The van der Waals surface area contributed by atoms with Crippen LogP contribution in [0.2, 0.25) is 0 Å². The molecule has 0 spiro atoms. The maximum absolute atomic E-state index is 13.3. The molecule has 13 heteroatoms. The molecule has 5 heterocycles. The van der Waals surface area contributed by atoms with E-state index in [0.29, 0.717) is 55.6 Å². The fourth-order valence-corrected chi connectivity index (χ4v) is 21.8. The van der Waals surface area contributed by atoms with Gasteiger partial charge in [0.15, 0.2) is 11.6 Å². The smallest absolute Gasteiger partial charge is 0.481 e. The number of aliphatic hydroxyl groups is 2. The molecule has 0 fully saturated rings. The minimum Gasteiger partial charge on any atom is -0.481 e. The van der Waals surface area contributed by atoms with Crippen molar-refractivity contribution in [3.63, 3.8) is 0 Å². The number of hydrogen-bond donors (Lipinski definition) is 3. The van der Waals surface area contributed by atoms with Crippen LogP contribution in [0.3, 0.4) is 0 Å². The molecule has 5 aromatic heterocycles. The Kier molecular flexibility index (Phi) is 22.4. The first-order valence-corrected chi connectivity index (χ1v) is 47.6. The van der Waals surface area contributed by atoms with Crippen molar-refractivity contribution in [3.05, 3.63) is 486 Å². The summed E-state index contributed by atoms with van der Waals surface area (Å²) in [5.41, 5.74) is 16.3. The molecule has 2 aliphatic rings. The molecule has 29 rings (SSSR count). The Morgan fingerprint density at radius 3 is 0.759 bits per heavy atom. The zero-order valence-corrected chi connectivity index (χ0v) is 78.5. The van der Waals surface area contributed by atoms with Crippen molar-refractivity contribution < 1.29 is 70.6 Å². The quantitative estimate of drug-likeness (QED) is 0.0849. The zero-order valence-electron chi connectivity index (χ0n) is 76.9. The van der Waals surface area contributed by atoms with Crippen LogP contribution in [0.25, 0.3) is 207 Å². The van der Waals surface area contributed by atoms with Gasteiger partial charge in [0.2, 0.25) is 0 Å². The molecule has 0 amide bonds. The SMILES string of the molecule is Brc1ccc2oc3ccc4ccccc4c3c2c1.CC(=O)O.O=C1c2ccccc2C(=O)c2ccccc21.OC1(c2ccc3oc4ccc5ccccc5c4c3c2)c2ccccc2C(O)(c2ccc3oc4ccc5ccccc5c4c3c2)c2ccccc21.[CH2-]CCC.[Li+].c1ccc2c(c1)ccc1oc3ccc(-c4c5ccccc5c(-c5ccc6oc7ccc8ccccc8c7c6c5)c5ccccc45)cc3c12. The van der Waals surface area contributed by atoms with Crippen molar-refractivity contribution in [2.24, 2.45) is 0 Å². The maximum Gasteiger partial charge on any atom is 1.00 e. The van der Waals surface area contributed by atoms with Gasteiger partial charge in [-0.05, 0) is 228 Å². The summed E-state index contributed by atoms with van der Waals surface area (Å²) in [4.78, 5) is 33.2. The molecule has 141 heavy (non-hydrogen) atoms. The number of carboxylic acid groups (broad SMARTS) is 1. The summed E-state index contributed by atoms with van der Waals surface area (Å²) in [6, 6.07) is 141. The zero-order chi connectivity index (χ0) is 94.8. The molecule has 22 aromatic carbocycles. The molecule has 0 saturated carbocycles. The van der Waals surface area contributed by atoms with Crippen molar-refractivity contribution in [3.8, 4) is 22.3 Å². The van der Waals surface area contributed by atoms with Gasteiger partial charge in [0.1, 0.15) is 67.0 Å². The Bertz CT molecular complexity index is 9180. The predicted octanol–water partition coefficient (Wildman–Crippen LogP) is 30.8. The third-order valence-electron chi connectivity index (χ3n) is 27.7. The van der Waals surface area contributed by atoms with Gasteiger partial charge in [-0.3, -0.25) is 14.4 Å². The van der Waals surface area contributed by atoms with E-state index in [1.165, 1.54) is 98.7 Å². The number of hydrogen-bond acceptors (Lipinski definition) is 10. The van der Waals surface area contributed by atoms with Gasteiger partial charge in [-0.25, -0.2) is 0 Å². The van der Waals surface area contributed by atoms with Crippen LogP contribution in [0.4, 0.5) is 0 Å². The molecule has 0 aliphatic heterocycles. The van der Waals surface area contributed by atoms with Crippen LogP contribution in [0.15, 0.2) is 445 Å². The van der Waals surface area contributed by atoms with E-state index in [9.17, 15) is 19.8 Å². The minimum atomic E-state index is -1.57. The van der Waals surface area contributed by atoms with E-state index in [0.717, 1.165) is 133 Å².